The molecule has 6 heteroatoms. The van der Waals surface area contributed by atoms with Crippen LogP contribution in [0.25, 0.3) is 0 Å². The van der Waals surface area contributed by atoms with E-state index in [4.69, 9.17) is 4.74 Å². The smallest absolute Gasteiger partial charge is 0.390 e. The molecule has 0 spiro atoms. The Balaban J connectivity index is 2.09. The summed E-state index contributed by atoms with van der Waals surface area (Å²) in [7, 11) is 0. The van der Waals surface area contributed by atoms with Gasteiger partial charge in [-0.1, -0.05) is 15.9 Å². The van der Waals surface area contributed by atoms with Crippen LogP contribution in [-0.4, -0.2) is 18.8 Å². The van der Waals surface area contributed by atoms with Crippen molar-refractivity contribution >= 4 is 15.9 Å². The van der Waals surface area contributed by atoms with E-state index in [9.17, 15) is 13.2 Å². The van der Waals surface area contributed by atoms with E-state index < -0.39 is 18.6 Å². The van der Waals surface area contributed by atoms with E-state index >= 15 is 0 Å². The number of fused-ring (bicyclic) bond motifs is 1. The van der Waals surface area contributed by atoms with Crippen LogP contribution in [0.2, 0.25) is 0 Å². The van der Waals surface area contributed by atoms with Gasteiger partial charge in [0, 0.05) is 28.5 Å². The molecule has 1 heterocycles. The molecular weight excluding hydrogens is 323 g/mol. The van der Waals surface area contributed by atoms with E-state index in [1.54, 1.807) is 6.92 Å². The minimum atomic E-state index is -4.14. The number of ether oxygens (including phenoxy) is 1. The molecule has 2 unspecified atom stereocenters. The molecule has 0 bridgehead atoms. The zero-order valence-corrected chi connectivity index (χ0v) is 12.0. The molecule has 0 saturated heterocycles. The number of rotatable bonds is 3. The minimum Gasteiger partial charge on any atom is -0.493 e. The lowest BCUT2D eigenvalue weighted by Crippen LogP contribution is -2.36. The third-order valence-corrected chi connectivity index (χ3v) is 3.53. The molecule has 0 aliphatic carbocycles. The Morgan fingerprint density at radius 2 is 2.21 bits per heavy atom. The Kier molecular flexibility index (Phi) is 4.40. The number of benzene rings is 1. The molecule has 1 N–H and O–H groups in total. The van der Waals surface area contributed by atoms with E-state index in [1.165, 1.54) is 0 Å². The van der Waals surface area contributed by atoms with Crippen molar-refractivity contribution in [1.82, 2.24) is 5.32 Å². The van der Waals surface area contributed by atoms with Gasteiger partial charge in [0.2, 0.25) is 0 Å². The van der Waals surface area contributed by atoms with Crippen molar-refractivity contribution in [3.8, 4) is 5.75 Å². The summed E-state index contributed by atoms with van der Waals surface area (Å²) in [5.74, 6) is 0.742. The van der Waals surface area contributed by atoms with Crippen molar-refractivity contribution in [3.05, 3.63) is 28.2 Å². The Morgan fingerprint density at radius 1 is 1.47 bits per heavy atom. The molecule has 1 aromatic rings. The predicted molar refractivity (Wildman–Crippen MR) is 70.3 cm³/mol. The fourth-order valence-corrected chi connectivity index (χ4v) is 2.67. The van der Waals surface area contributed by atoms with Gasteiger partial charge >= 0.3 is 6.18 Å². The Labute approximate surface area is 118 Å². The lowest BCUT2D eigenvalue weighted by Gasteiger charge is -2.29. The van der Waals surface area contributed by atoms with Crippen molar-refractivity contribution in [3.63, 3.8) is 0 Å². The van der Waals surface area contributed by atoms with Crippen LogP contribution < -0.4 is 10.1 Å². The van der Waals surface area contributed by atoms with E-state index in [2.05, 4.69) is 21.2 Å². The second-order valence-corrected chi connectivity index (χ2v) is 5.67. The van der Waals surface area contributed by atoms with Gasteiger partial charge < -0.3 is 10.1 Å². The summed E-state index contributed by atoms with van der Waals surface area (Å²) in [6.45, 7) is 2.08. The SMILES string of the molecule is CC(CC(F)(F)F)NC1CCOc2ccc(Br)cc21. The first-order valence-corrected chi connectivity index (χ1v) is 6.89. The van der Waals surface area contributed by atoms with Gasteiger partial charge in [0.1, 0.15) is 5.75 Å². The average molecular weight is 338 g/mol. The standard InChI is InChI=1S/C13H15BrF3NO/c1-8(7-13(15,16)17)18-11-4-5-19-12-3-2-9(14)6-10(11)12/h2-3,6,8,11,18H,4-5,7H2,1H3. The minimum absolute atomic E-state index is 0.0985. The molecule has 2 atom stereocenters. The molecule has 1 aromatic carbocycles. The zero-order valence-electron chi connectivity index (χ0n) is 10.4. The van der Waals surface area contributed by atoms with Crippen LogP contribution >= 0.6 is 15.9 Å². The Bertz CT molecular complexity index is 450. The highest BCUT2D eigenvalue weighted by atomic mass is 79.9. The number of hydrogen-bond donors (Lipinski definition) is 1. The molecule has 0 radical (unpaired) electrons. The van der Waals surface area contributed by atoms with Gasteiger partial charge in [-0.25, -0.2) is 0 Å². The molecule has 1 aliphatic rings. The maximum Gasteiger partial charge on any atom is 0.390 e. The van der Waals surface area contributed by atoms with Crippen LogP contribution in [0.3, 0.4) is 0 Å². The first kappa shape index (κ1) is 14.7. The number of hydrogen-bond acceptors (Lipinski definition) is 2. The van der Waals surface area contributed by atoms with Crippen molar-refractivity contribution in [2.75, 3.05) is 6.61 Å². The molecule has 2 rings (SSSR count). The highest BCUT2D eigenvalue weighted by Gasteiger charge is 2.32. The molecule has 0 fully saturated rings. The van der Waals surface area contributed by atoms with Gasteiger partial charge in [0.05, 0.1) is 13.0 Å². The summed E-state index contributed by atoms with van der Waals surface area (Å²) in [6.07, 6.45) is -4.29. The molecule has 0 saturated carbocycles. The lowest BCUT2D eigenvalue weighted by atomic mass is 9.99. The third kappa shape index (κ3) is 4.11. The number of halogens is 4. The van der Waals surface area contributed by atoms with E-state index in [0.29, 0.717) is 13.0 Å². The highest BCUT2D eigenvalue weighted by molar-refractivity contribution is 9.10. The van der Waals surface area contributed by atoms with Crippen molar-refractivity contribution in [1.29, 1.82) is 0 Å². The van der Waals surface area contributed by atoms with Gasteiger partial charge in [-0.2, -0.15) is 13.2 Å². The van der Waals surface area contributed by atoms with Crippen LogP contribution in [0.4, 0.5) is 13.2 Å². The molecule has 0 amide bonds. The fourth-order valence-electron chi connectivity index (χ4n) is 2.29. The second-order valence-electron chi connectivity index (χ2n) is 4.76. The van der Waals surface area contributed by atoms with Crippen molar-refractivity contribution in [2.45, 2.75) is 38.0 Å². The summed E-state index contributed by atoms with van der Waals surface area (Å²) >= 11 is 3.37. The average Bonchev–Trinajstić information content (AvgIpc) is 2.27. The summed E-state index contributed by atoms with van der Waals surface area (Å²) in [5.41, 5.74) is 0.912. The molecule has 2 nitrogen and oxygen atoms in total. The van der Waals surface area contributed by atoms with Crippen LogP contribution in [0.1, 0.15) is 31.4 Å². The lowest BCUT2D eigenvalue weighted by molar-refractivity contribution is -0.139. The van der Waals surface area contributed by atoms with Gasteiger partial charge in [0.25, 0.3) is 0 Å². The van der Waals surface area contributed by atoms with Gasteiger partial charge in [-0.05, 0) is 25.1 Å². The monoisotopic (exact) mass is 337 g/mol. The Hall–Kier alpha value is -0.750. The number of nitrogens with one attached hydrogen (secondary N) is 1. The quantitative estimate of drug-likeness (QED) is 0.892. The first-order valence-electron chi connectivity index (χ1n) is 6.10. The van der Waals surface area contributed by atoms with Crippen molar-refractivity contribution in [2.24, 2.45) is 0 Å². The molecular formula is C13H15BrF3NO. The van der Waals surface area contributed by atoms with Crippen LogP contribution in [0, 0.1) is 0 Å². The fraction of sp³-hybridized carbons (Fsp3) is 0.538. The molecule has 1 aliphatic heterocycles. The van der Waals surface area contributed by atoms with Crippen LogP contribution in [-0.2, 0) is 0 Å². The molecule has 19 heavy (non-hydrogen) atoms. The zero-order chi connectivity index (χ0) is 14.0. The maximum absolute atomic E-state index is 12.3. The number of alkyl halides is 3. The van der Waals surface area contributed by atoms with E-state index in [-0.39, 0.29) is 6.04 Å². The molecule has 0 aromatic heterocycles. The second kappa shape index (κ2) is 5.71. The topological polar surface area (TPSA) is 21.3 Å². The van der Waals surface area contributed by atoms with Crippen molar-refractivity contribution < 1.29 is 17.9 Å². The normalized spacial score (nSPS) is 20.6. The first-order chi connectivity index (χ1) is 8.85. The van der Waals surface area contributed by atoms with Gasteiger partial charge in [-0.3, -0.25) is 0 Å². The van der Waals surface area contributed by atoms with E-state index in [1.807, 2.05) is 18.2 Å². The van der Waals surface area contributed by atoms with Crippen LogP contribution in [0.5, 0.6) is 5.75 Å². The van der Waals surface area contributed by atoms with Crippen LogP contribution in [0.15, 0.2) is 22.7 Å². The highest BCUT2D eigenvalue weighted by Crippen LogP contribution is 2.35. The maximum atomic E-state index is 12.3. The summed E-state index contributed by atoms with van der Waals surface area (Å²) < 4.78 is 43.4. The summed E-state index contributed by atoms with van der Waals surface area (Å²) in [5, 5.41) is 3.04. The summed E-state index contributed by atoms with van der Waals surface area (Å²) in [6, 6.07) is 4.88. The molecule has 106 valence electrons. The van der Waals surface area contributed by atoms with Gasteiger partial charge in [0.15, 0.2) is 0 Å². The van der Waals surface area contributed by atoms with Gasteiger partial charge in [-0.15, -0.1) is 0 Å². The predicted octanol–water partition coefficient (Wildman–Crippen LogP) is 4.20. The van der Waals surface area contributed by atoms with E-state index in [0.717, 1.165) is 15.8 Å². The third-order valence-electron chi connectivity index (χ3n) is 3.03. The Morgan fingerprint density at radius 3 is 2.89 bits per heavy atom. The summed E-state index contributed by atoms with van der Waals surface area (Å²) in [4.78, 5) is 0. The largest absolute Gasteiger partial charge is 0.493 e.